The van der Waals surface area contributed by atoms with E-state index in [9.17, 15) is 18.0 Å². The number of rotatable bonds is 9. The standard InChI is InChI=1S/C25H33F4N5O2/c1-33-24(28)18(15-30-33)14-22(35)31-19-4-8-25(29,9-5-19)10-13-34-11-6-17-2-3-23(36-16-21(26)27)32-20(17)7-12-34/h2-3,15,19,21H,4-14,16H2,1H3,(H,31,35). The zero-order valence-electron chi connectivity index (χ0n) is 20.5. The van der Waals surface area contributed by atoms with Gasteiger partial charge in [-0.3, -0.25) is 4.79 Å². The number of nitrogens with zero attached hydrogens (tertiary/aromatic N) is 4. The summed E-state index contributed by atoms with van der Waals surface area (Å²) in [6.45, 7) is 1.45. The SMILES string of the molecule is Cn1ncc(CC(=O)NC2CCC(F)(CCN3CCc4ccc(OCC(F)F)nc4CC3)CC2)c1F. The topological polar surface area (TPSA) is 72.3 Å². The molecule has 2 aromatic heterocycles. The van der Waals surface area contributed by atoms with Crippen molar-refractivity contribution in [2.45, 2.75) is 69.5 Å². The fraction of sp³-hybridized carbons (Fsp3) is 0.640. The van der Waals surface area contributed by atoms with Gasteiger partial charge in [-0.1, -0.05) is 6.07 Å². The van der Waals surface area contributed by atoms with Crippen LogP contribution in [0.5, 0.6) is 5.88 Å². The van der Waals surface area contributed by atoms with Crippen LogP contribution in [0.1, 0.15) is 48.9 Å². The number of hydrogen-bond donors (Lipinski definition) is 1. The maximum atomic E-state index is 15.5. The number of carbonyl (C=O) groups is 1. The van der Waals surface area contributed by atoms with E-state index in [1.807, 2.05) is 6.07 Å². The first kappa shape index (κ1) is 26.4. The fourth-order valence-corrected chi connectivity index (χ4v) is 4.99. The van der Waals surface area contributed by atoms with Crippen molar-refractivity contribution in [1.29, 1.82) is 0 Å². The lowest BCUT2D eigenvalue weighted by molar-refractivity contribution is -0.121. The monoisotopic (exact) mass is 511 g/mol. The van der Waals surface area contributed by atoms with Crippen LogP contribution in [-0.4, -0.2) is 69.9 Å². The second kappa shape index (κ2) is 11.6. The number of aryl methyl sites for hydroxylation is 1. The third kappa shape index (κ3) is 6.96. The van der Waals surface area contributed by atoms with Crippen molar-refractivity contribution in [3.63, 3.8) is 0 Å². The number of ether oxygens (including phenoxy) is 1. The van der Waals surface area contributed by atoms with Gasteiger partial charge in [-0.25, -0.2) is 22.8 Å². The molecule has 0 aromatic carbocycles. The van der Waals surface area contributed by atoms with Crippen LogP contribution in [0, 0.1) is 5.95 Å². The average molecular weight is 512 g/mol. The molecule has 2 aliphatic rings. The van der Waals surface area contributed by atoms with Gasteiger partial charge in [-0.15, -0.1) is 0 Å². The highest BCUT2D eigenvalue weighted by Gasteiger charge is 2.36. The van der Waals surface area contributed by atoms with E-state index in [1.54, 1.807) is 6.07 Å². The van der Waals surface area contributed by atoms with Gasteiger partial charge in [0.15, 0.2) is 6.61 Å². The Morgan fingerprint density at radius 3 is 2.69 bits per heavy atom. The molecule has 11 heteroatoms. The molecule has 0 atom stereocenters. The van der Waals surface area contributed by atoms with Gasteiger partial charge in [0.2, 0.25) is 17.7 Å². The summed E-state index contributed by atoms with van der Waals surface area (Å²) in [6, 6.07) is 3.39. The van der Waals surface area contributed by atoms with Crippen molar-refractivity contribution in [2.75, 3.05) is 26.2 Å². The van der Waals surface area contributed by atoms with Gasteiger partial charge in [0.25, 0.3) is 6.43 Å². The highest BCUT2D eigenvalue weighted by molar-refractivity contribution is 5.78. The summed E-state index contributed by atoms with van der Waals surface area (Å²) in [5, 5.41) is 6.71. The van der Waals surface area contributed by atoms with Crippen LogP contribution in [-0.2, 0) is 31.1 Å². The summed E-state index contributed by atoms with van der Waals surface area (Å²) in [7, 11) is 1.48. The first-order valence-corrected chi connectivity index (χ1v) is 12.5. The van der Waals surface area contributed by atoms with E-state index >= 15 is 4.39 Å². The van der Waals surface area contributed by atoms with Crippen LogP contribution in [0.4, 0.5) is 17.6 Å². The summed E-state index contributed by atoms with van der Waals surface area (Å²) < 4.78 is 60.3. The zero-order valence-corrected chi connectivity index (χ0v) is 20.5. The van der Waals surface area contributed by atoms with E-state index < -0.39 is 24.6 Å². The molecule has 7 nitrogen and oxygen atoms in total. The molecular formula is C25H33F4N5O2. The molecule has 36 heavy (non-hydrogen) atoms. The molecule has 1 saturated carbocycles. The normalized spacial score (nSPS) is 22.8. The Hall–Kier alpha value is -2.69. The third-order valence-corrected chi connectivity index (χ3v) is 7.17. The molecule has 1 aliphatic heterocycles. The molecule has 0 radical (unpaired) electrons. The summed E-state index contributed by atoms with van der Waals surface area (Å²) in [5.74, 6) is -0.595. The molecule has 1 amide bonds. The predicted molar refractivity (Wildman–Crippen MR) is 125 cm³/mol. The van der Waals surface area contributed by atoms with Gasteiger partial charge in [0, 0.05) is 56.5 Å². The minimum atomic E-state index is -2.54. The molecule has 4 rings (SSSR count). The summed E-state index contributed by atoms with van der Waals surface area (Å²) >= 11 is 0. The Labute approximate surface area is 208 Å². The van der Waals surface area contributed by atoms with Crippen LogP contribution in [0.15, 0.2) is 18.3 Å². The second-order valence-corrected chi connectivity index (χ2v) is 9.80. The number of fused-ring (bicyclic) bond motifs is 1. The number of carbonyl (C=O) groups excluding carboxylic acids is 1. The second-order valence-electron chi connectivity index (χ2n) is 9.80. The molecule has 2 aromatic rings. The van der Waals surface area contributed by atoms with Gasteiger partial charge in [0.05, 0.1) is 12.6 Å². The van der Waals surface area contributed by atoms with E-state index in [4.69, 9.17) is 4.74 Å². The van der Waals surface area contributed by atoms with Gasteiger partial charge >= 0.3 is 0 Å². The minimum Gasteiger partial charge on any atom is -0.472 e. The fourth-order valence-electron chi connectivity index (χ4n) is 4.99. The van der Waals surface area contributed by atoms with E-state index in [0.29, 0.717) is 45.1 Å². The Balaban J connectivity index is 1.20. The lowest BCUT2D eigenvalue weighted by Gasteiger charge is -2.35. The minimum absolute atomic E-state index is 0.0804. The number of alkyl halides is 3. The summed E-state index contributed by atoms with van der Waals surface area (Å²) in [4.78, 5) is 18.9. The van der Waals surface area contributed by atoms with E-state index in [0.717, 1.165) is 35.4 Å². The van der Waals surface area contributed by atoms with E-state index in [1.165, 1.54) is 13.2 Å². The maximum Gasteiger partial charge on any atom is 0.272 e. The van der Waals surface area contributed by atoms with Crippen molar-refractivity contribution in [1.82, 2.24) is 25.0 Å². The Morgan fingerprint density at radius 2 is 2.00 bits per heavy atom. The Bertz CT molecular complexity index is 1040. The van der Waals surface area contributed by atoms with Gasteiger partial charge in [-0.05, 0) is 44.1 Å². The number of amides is 1. The van der Waals surface area contributed by atoms with Crippen LogP contribution in [0.25, 0.3) is 0 Å². The molecule has 1 N–H and O–H groups in total. The molecule has 0 unspecified atom stereocenters. The van der Waals surface area contributed by atoms with Crippen molar-refractivity contribution in [2.24, 2.45) is 7.05 Å². The van der Waals surface area contributed by atoms with E-state index in [2.05, 4.69) is 20.3 Å². The first-order chi connectivity index (χ1) is 17.2. The number of halogens is 4. The Kier molecular flexibility index (Phi) is 8.48. The van der Waals surface area contributed by atoms with Crippen LogP contribution in [0.3, 0.4) is 0 Å². The highest BCUT2D eigenvalue weighted by atomic mass is 19.3. The molecule has 3 heterocycles. The van der Waals surface area contributed by atoms with Crippen LogP contribution < -0.4 is 10.1 Å². The van der Waals surface area contributed by atoms with Crippen molar-refractivity contribution >= 4 is 5.91 Å². The predicted octanol–water partition coefficient (Wildman–Crippen LogP) is 3.40. The number of aromatic nitrogens is 3. The van der Waals surface area contributed by atoms with Crippen molar-refractivity contribution in [3.8, 4) is 5.88 Å². The highest BCUT2D eigenvalue weighted by Crippen LogP contribution is 2.35. The van der Waals surface area contributed by atoms with Crippen LogP contribution >= 0.6 is 0 Å². The number of pyridine rings is 1. The Morgan fingerprint density at radius 1 is 1.25 bits per heavy atom. The molecule has 1 fully saturated rings. The van der Waals surface area contributed by atoms with E-state index in [-0.39, 0.29) is 29.8 Å². The van der Waals surface area contributed by atoms with Crippen molar-refractivity contribution in [3.05, 3.63) is 41.1 Å². The number of hydrogen-bond acceptors (Lipinski definition) is 5. The largest absolute Gasteiger partial charge is 0.472 e. The summed E-state index contributed by atoms with van der Waals surface area (Å²) in [6.07, 6.45) is 2.41. The van der Waals surface area contributed by atoms with Gasteiger partial charge < -0.3 is 15.0 Å². The summed E-state index contributed by atoms with van der Waals surface area (Å²) in [5.41, 5.74) is 0.892. The molecule has 0 saturated heterocycles. The quantitative estimate of drug-likeness (QED) is 0.523. The smallest absolute Gasteiger partial charge is 0.272 e. The zero-order chi connectivity index (χ0) is 25.7. The van der Waals surface area contributed by atoms with Gasteiger partial charge in [0.1, 0.15) is 5.67 Å². The molecule has 1 aliphatic carbocycles. The maximum absolute atomic E-state index is 15.5. The lowest BCUT2D eigenvalue weighted by Crippen LogP contribution is -2.43. The molecule has 0 bridgehead atoms. The van der Waals surface area contributed by atoms with Gasteiger partial charge in [-0.2, -0.15) is 9.49 Å². The first-order valence-electron chi connectivity index (χ1n) is 12.5. The van der Waals surface area contributed by atoms with Crippen molar-refractivity contribution < 1.29 is 27.1 Å². The molecular weight excluding hydrogens is 478 g/mol. The third-order valence-electron chi connectivity index (χ3n) is 7.17. The average Bonchev–Trinajstić information content (AvgIpc) is 3.04. The lowest BCUT2D eigenvalue weighted by atomic mass is 9.81. The molecule has 198 valence electrons. The number of nitrogens with one attached hydrogen (secondary N) is 1. The molecule has 0 spiro atoms. The van der Waals surface area contributed by atoms with Crippen LogP contribution in [0.2, 0.25) is 0 Å².